The summed E-state index contributed by atoms with van der Waals surface area (Å²) in [6.45, 7) is 4.43. The third kappa shape index (κ3) is 1.61. The maximum Gasteiger partial charge on any atom is 0.180 e. The van der Waals surface area contributed by atoms with Crippen LogP contribution in [0.15, 0.2) is 30.7 Å². The number of fused-ring (bicyclic) bond motifs is 1. The first-order chi connectivity index (χ1) is 8.66. The second kappa shape index (κ2) is 3.98. The molecule has 4 nitrogen and oxygen atoms in total. The Bertz CT molecular complexity index is 677. The van der Waals surface area contributed by atoms with Gasteiger partial charge >= 0.3 is 0 Å². The number of aromatic amines is 1. The number of aromatic nitrogens is 4. The minimum atomic E-state index is 0.510. The average Bonchev–Trinajstić information content (AvgIpc) is 2.97. The van der Waals surface area contributed by atoms with E-state index in [1.807, 2.05) is 0 Å². The molecule has 0 aliphatic carbocycles. The Labute approximate surface area is 106 Å². The Balaban J connectivity index is 2.25. The molecule has 0 fully saturated rings. The molecular formula is C14H16N4. The Morgan fingerprint density at radius 3 is 2.78 bits per heavy atom. The molecule has 1 aromatic carbocycles. The van der Waals surface area contributed by atoms with Crippen LogP contribution in [0.2, 0.25) is 0 Å². The Kier molecular flexibility index (Phi) is 2.44. The van der Waals surface area contributed by atoms with Crippen LogP contribution in [0, 0.1) is 0 Å². The zero-order chi connectivity index (χ0) is 12.7. The zero-order valence-electron chi connectivity index (χ0n) is 10.8. The molecule has 0 aliphatic rings. The predicted octanol–water partition coefficient (Wildman–Crippen LogP) is 3.09. The van der Waals surface area contributed by atoms with Crippen LogP contribution >= 0.6 is 0 Å². The summed E-state index contributed by atoms with van der Waals surface area (Å²) in [6.07, 6.45) is 3.81. The van der Waals surface area contributed by atoms with E-state index in [1.54, 1.807) is 6.33 Å². The highest BCUT2D eigenvalue weighted by molar-refractivity contribution is 5.88. The average molecular weight is 240 g/mol. The van der Waals surface area contributed by atoms with Crippen LogP contribution in [0.3, 0.4) is 0 Å². The second-order valence-electron chi connectivity index (χ2n) is 4.90. The quantitative estimate of drug-likeness (QED) is 0.748. The standard InChI is InChI=1S/C14H16N4/c1-9(2)12-7-18(3)13-5-4-10(6-11(12)13)14-15-8-16-17-14/h4-9H,1-3H3,(H,15,16,17). The lowest BCUT2D eigenvalue weighted by Crippen LogP contribution is -1.85. The van der Waals surface area contributed by atoms with Crippen molar-refractivity contribution < 1.29 is 0 Å². The van der Waals surface area contributed by atoms with E-state index in [4.69, 9.17) is 0 Å². The summed E-state index contributed by atoms with van der Waals surface area (Å²) >= 11 is 0. The van der Waals surface area contributed by atoms with Crippen LogP contribution < -0.4 is 0 Å². The number of benzene rings is 1. The van der Waals surface area contributed by atoms with Gasteiger partial charge in [0.2, 0.25) is 0 Å². The van der Waals surface area contributed by atoms with Crippen molar-refractivity contribution in [2.75, 3.05) is 0 Å². The number of H-pyrrole nitrogens is 1. The van der Waals surface area contributed by atoms with E-state index in [0.717, 1.165) is 11.4 Å². The second-order valence-corrected chi connectivity index (χ2v) is 4.90. The molecule has 3 rings (SSSR count). The topological polar surface area (TPSA) is 46.5 Å². The number of nitrogens with one attached hydrogen (secondary N) is 1. The van der Waals surface area contributed by atoms with Gasteiger partial charge in [-0.2, -0.15) is 5.10 Å². The Morgan fingerprint density at radius 1 is 1.28 bits per heavy atom. The summed E-state index contributed by atoms with van der Waals surface area (Å²) in [4.78, 5) is 4.20. The Hall–Kier alpha value is -2.10. The van der Waals surface area contributed by atoms with Crippen LogP contribution in [-0.4, -0.2) is 19.7 Å². The number of nitrogens with zero attached hydrogens (tertiary/aromatic N) is 3. The smallest absolute Gasteiger partial charge is 0.180 e. The van der Waals surface area contributed by atoms with Gasteiger partial charge in [-0.1, -0.05) is 13.8 Å². The first-order valence-corrected chi connectivity index (χ1v) is 6.12. The van der Waals surface area contributed by atoms with Crippen molar-refractivity contribution in [1.29, 1.82) is 0 Å². The van der Waals surface area contributed by atoms with E-state index >= 15 is 0 Å². The van der Waals surface area contributed by atoms with Crippen molar-refractivity contribution in [2.45, 2.75) is 19.8 Å². The molecule has 0 radical (unpaired) electrons. The normalized spacial score (nSPS) is 11.6. The van der Waals surface area contributed by atoms with Gasteiger partial charge in [0.05, 0.1) is 0 Å². The maximum absolute atomic E-state index is 4.20. The summed E-state index contributed by atoms with van der Waals surface area (Å²) < 4.78 is 2.17. The minimum absolute atomic E-state index is 0.510. The van der Waals surface area contributed by atoms with Crippen molar-refractivity contribution in [1.82, 2.24) is 19.7 Å². The largest absolute Gasteiger partial charge is 0.350 e. The first kappa shape index (κ1) is 11.0. The SMILES string of the molecule is CC(C)c1cn(C)c2ccc(-c3nc[nH]n3)cc12. The van der Waals surface area contributed by atoms with Crippen LogP contribution in [0.1, 0.15) is 25.3 Å². The summed E-state index contributed by atoms with van der Waals surface area (Å²) in [5.41, 5.74) is 3.67. The lowest BCUT2D eigenvalue weighted by molar-refractivity contribution is 0.857. The van der Waals surface area contributed by atoms with Gasteiger partial charge in [0.15, 0.2) is 5.82 Å². The number of rotatable bonds is 2. The van der Waals surface area contributed by atoms with Gasteiger partial charge < -0.3 is 4.57 Å². The van der Waals surface area contributed by atoms with Crippen LogP contribution in [0.4, 0.5) is 0 Å². The van der Waals surface area contributed by atoms with Gasteiger partial charge in [0.25, 0.3) is 0 Å². The third-order valence-corrected chi connectivity index (χ3v) is 3.32. The van der Waals surface area contributed by atoms with Crippen molar-refractivity contribution in [2.24, 2.45) is 7.05 Å². The molecule has 2 aromatic heterocycles. The van der Waals surface area contributed by atoms with E-state index in [0.29, 0.717) is 5.92 Å². The summed E-state index contributed by atoms with van der Waals surface area (Å²) in [5, 5.41) is 8.17. The van der Waals surface area contributed by atoms with Crippen molar-refractivity contribution in [3.63, 3.8) is 0 Å². The molecule has 4 heteroatoms. The number of hydrogen-bond donors (Lipinski definition) is 1. The van der Waals surface area contributed by atoms with Crippen molar-refractivity contribution in [3.05, 3.63) is 36.3 Å². The molecule has 0 amide bonds. The van der Waals surface area contributed by atoms with Crippen molar-refractivity contribution in [3.8, 4) is 11.4 Å². The summed E-state index contributed by atoms with van der Waals surface area (Å²) in [5.74, 6) is 1.26. The molecule has 0 atom stereocenters. The number of hydrogen-bond acceptors (Lipinski definition) is 2. The molecule has 0 saturated carbocycles. The van der Waals surface area contributed by atoms with Gasteiger partial charge in [-0.15, -0.1) is 0 Å². The first-order valence-electron chi connectivity index (χ1n) is 6.12. The van der Waals surface area contributed by atoms with Gasteiger partial charge in [0.1, 0.15) is 6.33 Å². The lowest BCUT2D eigenvalue weighted by Gasteiger charge is -2.03. The number of aryl methyl sites for hydroxylation is 1. The molecule has 0 aliphatic heterocycles. The minimum Gasteiger partial charge on any atom is -0.350 e. The molecule has 2 heterocycles. The zero-order valence-corrected chi connectivity index (χ0v) is 10.8. The van der Waals surface area contributed by atoms with E-state index < -0.39 is 0 Å². The van der Waals surface area contributed by atoms with E-state index in [9.17, 15) is 0 Å². The van der Waals surface area contributed by atoms with Gasteiger partial charge in [-0.3, -0.25) is 5.10 Å². The monoisotopic (exact) mass is 240 g/mol. The van der Waals surface area contributed by atoms with E-state index in [1.165, 1.54) is 16.5 Å². The van der Waals surface area contributed by atoms with Crippen LogP contribution in [0.5, 0.6) is 0 Å². The third-order valence-electron chi connectivity index (χ3n) is 3.32. The molecule has 0 bridgehead atoms. The fourth-order valence-corrected chi connectivity index (χ4v) is 2.37. The van der Waals surface area contributed by atoms with E-state index in [2.05, 4.69) is 65.0 Å². The van der Waals surface area contributed by atoms with Crippen LogP contribution in [0.25, 0.3) is 22.3 Å². The summed E-state index contributed by atoms with van der Waals surface area (Å²) in [7, 11) is 2.08. The predicted molar refractivity (Wildman–Crippen MR) is 72.4 cm³/mol. The fraction of sp³-hybridized carbons (Fsp3) is 0.286. The molecule has 92 valence electrons. The molecule has 0 saturated heterocycles. The fourth-order valence-electron chi connectivity index (χ4n) is 2.37. The molecule has 18 heavy (non-hydrogen) atoms. The van der Waals surface area contributed by atoms with Crippen LogP contribution in [-0.2, 0) is 7.05 Å². The molecule has 0 unspecified atom stereocenters. The van der Waals surface area contributed by atoms with Gasteiger partial charge in [0, 0.05) is 29.7 Å². The molecule has 3 aromatic rings. The van der Waals surface area contributed by atoms with E-state index in [-0.39, 0.29) is 0 Å². The molecule has 0 spiro atoms. The van der Waals surface area contributed by atoms with Crippen molar-refractivity contribution >= 4 is 10.9 Å². The Morgan fingerprint density at radius 2 is 2.11 bits per heavy atom. The molecular weight excluding hydrogens is 224 g/mol. The maximum atomic E-state index is 4.20. The highest BCUT2D eigenvalue weighted by atomic mass is 15.2. The summed E-state index contributed by atoms with van der Waals surface area (Å²) in [6, 6.07) is 6.37. The molecule has 1 N–H and O–H groups in total. The van der Waals surface area contributed by atoms with Gasteiger partial charge in [-0.25, -0.2) is 4.98 Å². The lowest BCUT2D eigenvalue weighted by atomic mass is 10.0. The highest BCUT2D eigenvalue weighted by Gasteiger charge is 2.11. The van der Waals surface area contributed by atoms with Gasteiger partial charge in [-0.05, 0) is 29.7 Å². The highest BCUT2D eigenvalue weighted by Crippen LogP contribution is 2.29.